The minimum atomic E-state index is -0.312. The summed E-state index contributed by atoms with van der Waals surface area (Å²) in [5.74, 6) is 0.405. The lowest BCUT2D eigenvalue weighted by Crippen LogP contribution is -2.34. The third kappa shape index (κ3) is 5.01. The summed E-state index contributed by atoms with van der Waals surface area (Å²) >= 11 is 6.14. The highest BCUT2D eigenvalue weighted by Gasteiger charge is 2.20. The molecule has 1 aliphatic rings. The van der Waals surface area contributed by atoms with Crippen molar-refractivity contribution in [2.24, 2.45) is 5.92 Å². The highest BCUT2D eigenvalue weighted by atomic mass is 35.5. The number of benzene rings is 1. The normalized spacial score (nSPS) is 16.6. The number of piperidine rings is 1. The maximum absolute atomic E-state index is 12.9. The highest BCUT2D eigenvalue weighted by Crippen LogP contribution is 2.24. The number of rotatable bonds is 7. The standard InChI is InChI=1S/C23H27ClN4O2/c1-28-10-7-16(8-11-28)14-30-15-22(20-4-2-3-9-25-20)27-23(29)17-5-6-18-19(24)13-26-21(18)12-17/h2-6,9,12-13,16,22,26H,7-8,10-11,14-15H2,1H3,(H,27,29). The summed E-state index contributed by atoms with van der Waals surface area (Å²) in [6, 6.07) is 10.8. The van der Waals surface area contributed by atoms with Crippen LogP contribution in [0.4, 0.5) is 0 Å². The predicted octanol–water partition coefficient (Wildman–Crippen LogP) is 4.05. The van der Waals surface area contributed by atoms with E-state index in [0.717, 1.165) is 42.5 Å². The molecule has 6 nitrogen and oxygen atoms in total. The average Bonchev–Trinajstić information content (AvgIpc) is 3.15. The van der Waals surface area contributed by atoms with Gasteiger partial charge < -0.3 is 19.9 Å². The van der Waals surface area contributed by atoms with Gasteiger partial charge in [0.25, 0.3) is 5.91 Å². The van der Waals surface area contributed by atoms with Gasteiger partial charge >= 0.3 is 0 Å². The van der Waals surface area contributed by atoms with Crippen LogP contribution in [-0.4, -0.2) is 54.1 Å². The lowest BCUT2D eigenvalue weighted by Gasteiger charge is -2.29. The van der Waals surface area contributed by atoms with Crippen LogP contribution < -0.4 is 5.32 Å². The second kappa shape index (κ2) is 9.60. The number of pyridine rings is 1. The second-order valence-corrected chi connectivity index (χ2v) is 8.37. The van der Waals surface area contributed by atoms with Crippen molar-refractivity contribution in [3.8, 4) is 0 Å². The number of fused-ring (bicyclic) bond motifs is 1. The number of H-pyrrole nitrogens is 1. The van der Waals surface area contributed by atoms with Crippen molar-refractivity contribution < 1.29 is 9.53 Å². The van der Waals surface area contributed by atoms with E-state index in [2.05, 4.69) is 27.2 Å². The summed E-state index contributed by atoms with van der Waals surface area (Å²) in [6.07, 6.45) is 5.76. The van der Waals surface area contributed by atoms with Crippen molar-refractivity contribution in [1.29, 1.82) is 0 Å². The molecular weight excluding hydrogens is 400 g/mol. The molecule has 1 unspecified atom stereocenters. The molecule has 1 aromatic carbocycles. The predicted molar refractivity (Wildman–Crippen MR) is 119 cm³/mol. The fourth-order valence-electron chi connectivity index (χ4n) is 3.84. The minimum absolute atomic E-state index is 0.166. The number of hydrogen-bond donors (Lipinski definition) is 2. The molecule has 3 heterocycles. The molecule has 0 aliphatic carbocycles. The van der Waals surface area contributed by atoms with Gasteiger partial charge in [0, 0.05) is 35.5 Å². The minimum Gasteiger partial charge on any atom is -0.379 e. The van der Waals surface area contributed by atoms with Crippen LogP contribution in [-0.2, 0) is 4.74 Å². The molecule has 1 atom stereocenters. The number of aromatic nitrogens is 2. The largest absolute Gasteiger partial charge is 0.379 e. The number of aromatic amines is 1. The molecule has 2 aromatic heterocycles. The molecule has 1 saturated heterocycles. The van der Waals surface area contributed by atoms with Gasteiger partial charge in [-0.3, -0.25) is 9.78 Å². The third-order valence-electron chi connectivity index (χ3n) is 5.72. The Balaban J connectivity index is 1.42. The molecule has 1 fully saturated rings. The molecule has 158 valence electrons. The van der Waals surface area contributed by atoms with Gasteiger partial charge in [0.2, 0.25) is 0 Å². The summed E-state index contributed by atoms with van der Waals surface area (Å²) in [6.45, 7) is 3.32. The molecule has 2 N–H and O–H groups in total. The van der Waals surface area contributed by atoms with E-state index in [4.69, 9.17) is 16.3 Å². The van der Waals surface area contributed by atoms with Gasteiger partial charge in [-0.2, -0.15) is 0 Å². The quantitative estimate of drug-likeness (QED) is 0.598. The molecule has 1 amide bonds. The molecule has 7 heteroatoms. The van der Waals surface area contributed by atoms with E-state index in [-0.39, 0.29) is 11.9 Å². The average molecular weight is 427 g/mol. The number of likely N-dealkylation sites (tertiary alicyclic amines) is 1. The van der Waals surface area contributed by atoms with E-state index >= 15 is 0 Å². The Morgan fingerprint density at radius 2 is 2.17 bits per heavy atom. The summed E-state index contributed by atoms with van der Waals surface area (Å²) in [4.78, 5) is 22.8. The van der Waals surface area contributed by atoms with Gasteiger partial charge in [-0.25, -0.2) is 0 Å². The number of hydrogen-bond acceptors (Lipinski definition) is 4. The molecule has 0 radical (unpaired) electrons. The number of ether oxygens (including phenoxy) is 1. The number of amides is 1. The van der Waals surface area contributed by atoms with Gasteiger partial charge in [-0.15, -0.1) is 0 Å². The molecule has 0 bridgehead atoms. The van der Waals surface area contributed by atoms with Crippen LogP contribution in [0.1, 0.15) is 34.9 Å². The Morgan fingerprint density at radius 1 is 1.33 bits per heavy atom. The van der Waals surface area contributed by atoms with Gasteiger partial charge in [-0.05, 0) is 63.2 Å². The zero-order valence-corrected chi connectivity index (χ0v) is 17.9. The van der Waals surface area contributed by atoms with Crippen molar-refractivity contribution >= 4 is 28.4 Å². The van der Waals surface area contributed by atoms with Crippen molar-refractivity contribution in [2.75, 3.05) is 33.4 Å². The monoisotopic (exact) mass is 426 g/mol. The van der Waals surface area contributed by atoms with Crippen LogP contribution in [0, 0.1) is 5.92 Å². The van der Waals surface area contributed by atoms with E-state index in [9.17, 15) is 4.79 Å². The lowest BCUT2D eigenvalue weighted by atomic mass is 9.98. The summed E-state index contributed by atoms with van der Waals surface area (Å²) in [5, 5.41) is 4.63. The number of carbonyl (C=O) groups is 1. The lowest BCUT2D eigenvalue weighted by molar-refractivity contribution is 0.0552. The molecule has 3 aromatic rings. The zero-order chi connectivity index (χ0) is 20.9. The first-order chi connectivity index (χ1) is 14.6. The van der Waals surface area contributed by atoms with Gasteiger partial charge in [0.1, 0.15) is 0 Å². The molecule has 1 aliphatic heterocycles. The van der Waals surface area contributed by atoms with Crippen LogP contribution in [0.2, 0.25) is 5.02 Å². The maximum Gasteiger partial charge on any atom is 0.251 e. The van der Waals surface area contributed by atoms with E-state index in [1.54, 1.807) is 18.5 Å². The van der Waals surface area contributed by atoms with Gasteiger partial charge in [-0.1, -0.05) is 23.7 Å². The molecule has 30 heavy (non-hydrogen) atoms. The second-order valence-electron chi connectivity index (χ2n) is 7.96. The van der Waals surface area contributed by atoms with E-state index in [1.165, 1.54) is 0 Å². The van der Waals surface area contributed by atoms with Crippen LogP contribution >= 0.6 is 11.6 Å². The summed E-state index contributed by atoms with van der Waals surface area (Å²) in [5.41, 5.74) is 2.19. The van der Waals surface area contributed by atoms with Gasteiger partial charge in [0.15, 0.2) is 0 Å². The van der Waals surface area contributed by atoms with Gasteiger partial charge in [0.05, 0.1) is 23.4 Å². The number of halogens is 1. The molecular formula is C23H27ClN4O2. The Bertz CT molecular complexity index is 983. The van der Waals surface area contributed by atoms with Crippen LogP contribution in [0.5, 0.6) is 0 Å². The van der Waals surface area contributed by atoms with Crippen LogP contribution in [0.3, 0.4) is 0 Å². The number of nitrogens with one attached hydrogen (secondary N) is 2. The fourth-order valence-corrected chi connectivity index (χ4v) is 4.06. The first kappa shape index (κ1) is 20.8. The van der Waals surface area contributed by atoms with Crippen molar-refractivity contribution in [3.63, 3.8) is 0 Å². The first-order valence-electron chi connectivity index (χ1n) is 10.3. The Kier molecular flexibility index (Phi) is 6.67. The Labute approximate surface area is 181 Å². The first-order valence-corrected chi connectivity index (χ1v) is 10.7. The number of carbonyl (C=O) groups excluding carboxylic acids is 1. The van der Waals surface area contributed by atoms with Crippen molar-refractivity contribution in [2.45, 2.75) is 18.9 Å². The fraction of sp³-hybridized carbons (Fsp3) is 0.391. The third-order valence-corrected chi connectivity index (χ3v) is 6.03. The smallest absolute Gasteiger partial charge is 0.251 e. The van der Waals surface area contributed by atoms with Crippen molar-refractivity contribution in [1.82, 2.24) is 20.2 Å². The number of nitrogens with zero attached hydrogens (tertiary/aromatic N) is 2. The molecule has 0 spiro atoms. The van der Waals surface area contributed by atoms with E-state index < -0.39 is 0 Å². The van der Waals surface area contributed by atoms with E-state index in [1.807, 2.05) is 30.3 Å². The van der Waals surface area contributed by atoms with Crippen LogP contribution in [0.25, 0.3) is 10.9 Å². The van der Waals surface area contributed by atoms with Crippen LogP contribution in [0.15, 0.2) is 48.8 Å². The Morgan fingerprint density at radius 3 is 2.93 bits per heavy atom. The molecule has 0 saturated carbocycles. The Hall–Kier alpha value is -2.41. The highest BCUT2D eigenvalue weighted by molar-refractivity contribution is 6.35. The maximum atomic E-state index is 12.9. The SMILES string of the molecule is CN1CCC(COCC(NC(=O)c2ccc3c(Cl)c[nH]c3c2)c2ccccn2)CC1. The summed E-state index contributed by atoms with van der Waals surface area (Å²) in [7, 11) is 2.15. The zero-order valence-electron chi connectivity index (χ0n) is 17.1. The summed E-state index contributed by atoms with van der Waals surface area (Å²) < 4.78 is 6.04. The topological polar surface area (TPSA) is 70.2 Å². The molecule has 4 rings (SSSR count). The van der Waals surface area contributed by atoms with E-state index in [0.29, 0.717) is 29.7 Å². The van der Waals surface area contributed by atoms with Crippen molar-refractivity contribution in [3.05, 3.63) is 65.1 Å².